The summed E-state index contributed by atoms with van der Waals surface area (Å²) in [7, 11) is 0. The second kappa shape index (κ2) is 15.3. The van der Waals surface area contributed by atoms with Gasteiger partial charge in [0.2, 0.25) is 0 Å². The number of pyridine rings is 1. The third kappa shape index (κ3) is 6.07. The topological polar surface area (TPSA) is 22.8 Å². The van der Waals surface area contributed by atoms with Crippen LogP contribution in [-0.2, 0) is 0 Å². The number of hydrogen-bond acceptors (Lipinski definition) is 1. The van der Waals surface area contributed by atoms with Crippen molar-refractivity contribution >= 4 is 74.6 Å². The quantitative estimate of drug-likeness (QED) is 0.140. The molecule has 3 heterocycles. The van der Waals surface area contributed by atoms with Crippen molar-refractivity contribution in [1.82, 2.24) is 14.1 Å². The van der Waals surface area contributed by atoms with Gasteiger partial charge < -0.3 is 4.57 Å². The number of rotatable bonds is 8. The Morgan fingerprint density at radius 3 is 1.17 bits per heavy atom. The van der Waals surface area contributed by atoms with E-state index in [1.807, 2.05) is 12.3 Å². The molecule has 12 aromatic rings. The fourth-order valence-electron chi connectivity index (χ4n) is 10.1. The molecule has 3 nitrogen and oxygen atoms in total. The third-order valence-corrected chi connectivity index (χ3v) is 22.9. The molecule has 0 fully saturated rings. The van der Waals surface area contributed by atoms with Gasteiger partial charge in [-0.3, -0.25) is 4.98 Å². The molecule has 3 aromatic heterocycles. The van der Waals surface area contributed by atoms with Crippen molar-refractivity contribution in [1.29, 1.82) is 0 Å². The molecule has 63 heavy (non-hydrogen) atoms. The van der Waals surface area contributed by atoms with Crippen LogP contribution in [0.1, 0.15) is 0 Å². The third-order valence-electron chi connectivity index (χ3n) is 12.9. The van der Waals surface area contributed by atoms with Crippen molar-refractivity contribution in [3.8, 4) is 33.6 Å². The van der Waals surface area contributed by atoms with Gasteiger partial charge in [-0.05, 0) is 24.3 Å². The second-order valence-electron chi connectivity index (χ2n) is 16.3. The number of nitrogens with zero attached hydrogens (tertiary/aromatic N) is 3. The molecule has 0 atom stereocenters. The van der Waals surface area contributed by atoms with Crippen LogP contribution in [0.5, 0.6) is 0 Å². The molecule has 0 unspecified atom stereocenters. The molecule has 296 valence electrons. The van der Waals surface area contributed by atoms with Crippen molar-refractivity contribution in [2.45, 2.75) is 0 Å². The Balaban J connectivity index is 1.05. The Hall–Kier alpha value is -7.73. The molecule has 0 saturated heterocycles. The molecule has 12 rings (SSSR count). The summed E-state index contributed by atoms with van der Waals surface area (Å²) in [4.78, 5) is 4.91. The normalized spacial score (nSPS) is 11.8. The molecule has 0 aliphatic rings. The monoisotopic (exact) mass is 865 g/mol. The van der Waals surface area contributed by atoms with Crippen molar-refractivity contribution in [3.05, 3.63) is 249 Å². The van der Waals surface area contributed by atoms with Gasteiger partial charge in [0.1, 0.15) is 0 Å². The van der Waals surface area contributed by atoms with Crippen LogP contribution in [0, 0.1) is 0 Å². The molecule has 9 aromatic carbocycles. The van der Waals surface area contributed by atoms with Crippen LogP contribution in [0.3, 0.4) is 0 Å². The van der Waals surface area contributed by atoms with Crippen molar-refractivity contribution < 1.29 is 0 Å². The molecule has 0 aliphatic carbocycles. The summed E-state index contributed by atoms with van der Waals surface area (Å²) in [5.41, 5.74) is 12.7. The molecule has 0 N–H and O–H groups in total. The predicted octanol–water partition coefficient (Wildman–Crippen LogP) is 12.0. The van der Waals surface area contributed by atoms with Crippen molar-refractivity contribution in [2.24, 2.45) is 0 Å². The first-order chi connectivity index (χ1) is 31.3. The van der Waals surface area contributed by atoms with E-state index in [0.29, 0.717) is 0 Å². The van der Waals surface area contributed by atoms with Crippen LogP contribution in [0.25, 0.3) is 77.4 Å². The first-order valence-electron chi connectivity index (χ1n) is 21.6. The summed E-state index contributed by atoms with van der Waals surface area (Å²) in [5.74, 6) is 0. The Morgan fingerprint density at radius 2 is 0.683 bits per heavy atom. The number of benzene rings is 9. The van der Waals surface area contributed by atoms with Crippen LogP contribution in [-0.4, -0.2) is 27.4 Å². The Morgan fingerprint density at radius 1 is 0.286 bits per heavy atom. The van der Waals surface area contributed by atoms with E-state index in [0.717, 1.165) is 38.9 Å². The standard InChI is InChI=1S/C59H41GeN3/c1-6-19-46(20-7-1)60(47-21-8-2-9-22-47,48-23-10-3-11-24-48)49-25-16-18-42(38-49)43-31-34-55-52(39-43)53-40-44(32-35-56(53)62(55)50-26-12-4-13-27-50)45-33-36-57-54(41-45)59-58(30-17-37-61-59)63(57)51-28-14-5-15-29-51/h1-41H. The fraction of sp³-hybridized carbons (Fsp3) is 0. The van der Waals surface area contributed by atoms with Gasteiger partial charge in [-0.25, -0.2) is 0 Å². The summed E-state index contributed by atoms with van der Waals surface area (Å²) in [5, 5.41) is 3.59. The molecule has 0 saturated carbocycles. The van der Waals surface area contributed by atoms with E-state index in [1.165, 1.54) is 56.1 Å². The average Bonchev–Trinajstić information content (AvgIpc) is 3.88. The SMILES string of the molecule is c1ccc(-n2c3ccc(-c4ccc[c]([Ge]([c]5ccccc5)([c]5ccccc5)[c]5ccccc5)c4)cc3c3cc(-c4ccc5c(c4)c4ncccc4n5-c4ccccc4)ccc32)cc1. The fourth-order valence-corrected chi connectivity index (χ4v) is 20.2. The van der Waals surface area contributed by atoms with Gasteiger partial charge in [0.05, 0.1) is 16.6 Å². The van der Waals surface area contributed by atoms with Gasteiger partial charge in [0, 0.05) is 11.9 Å². The van der Waals surface area contributed by atoms with Crippen LogP contribution in [0.15, 0.2) is 249 Å². The predicted molar refractivity (Wildman–Crippen MR) is 267 cm³/mol. The number of para-hydroxylation sites is 2. The molecule has 0 aliphatic heterocycles. The van der Waals surface area contributed by atoms with E-state index >= 15 is 0 Å². The minimum atomic E-state index is -3.47. The minimum absolute atomic E-state index is 1.01. The van der Waals surface area contributed by atoms with E-state index < -0.39 is 13.3 Å². The average molecular weight is 865 g/mol. The number of fused-ring (bicyclic) bond motifs is 6. The second-order valence-corrected chi connectivity index (χ2v) is 24.3. The van der Waals surface area contributed by atoms with Crippen LogP contribution >= 0.6 is 0 Å². The van der Waals surface area contributed by atoms with Crippen LogP contribution in [0.4, 0.5) is 0 Å². The van der Waals surface area contributed by atoms with Gasteiger partial charge in [0.15, 0.2) is 0 Å². The van der Waals surface area contributed by atoms with Gasteiger partial charge >= 0.3 is 291 Å². The van der Waals surface area contributed by atoms with E-state index in [4.69, 9.17) is 4.98 Å². The summed E-state index contributed by atoms with van der Waals surface area (Å²) >= 11 is -3.47. The summed E-state index contributed by atoms with van der Waals surface area (Å²) < 4.78 is 10.4. The number of hydrogen-bond donors (Lipinski definition) is 0. The Labute approximate surface area is 369 Å². The molecular formula is C59H41GeN3. The first-order valence-corrected chi connectivity index (χ1v) is 25.8. The van der Waals surface area contributed by atoms with E-state index in [2.05, 4.69) is 246 Å². The summed E-state index contributed by atoms with van der Waals surface area (Å²) in [6.45, 7) is 0. The Bertz CT molecular complexity index is 3500. The van der Waals surface area contributed by atoms with Crippen molar-refractivity contribution in [3.63, 3.8) is 0 Å². The van der Waals surface area contributed by atoms with E-state index in [9.17, 15) is 0 Å². The maximum absolute atomic E-state index is 4.91. The van der Waals surface area contributed by atoms with Crippen molar-refractivity contribution in [2.75, 3.05) is 0 Å². The number of aromatic nitrogens is 3. The Kier molecular flexibility index (Phi) is 9.01. The van der Waals surface area contributed by atoms with Gasteiger partial charge in [-0.1, -0.05) is 18.2 Å². The van der Waals surface area contributed by atoms with Gasteiger partial charge in [-0.2, -0.15) is 0 Å². The van der Waals surface area contributed by atoms with E-state index in [1.54, 1.807) is 0 Å². The molecule has 0 amide bonds. The molecule has 0 radical (unpaired) electrons. The maximum atomic E-state index is 4.91. The van der Waals surface area contributed by atoms with E-state index in [-0.39, 0.29) is 0 Å². The zero-order valence-electron chi connectivity index (χ0n) is 34.5. The zero-order chi connectivity index (χ0) is 41.7. The van der Waals surface area contributed by atoms with Gasteiger partial charge in [-0.15, -0.1) is 0 Å². The molecule has 0 spiro atoms. The van der Waals surface area contributed by atoms with Crippen LogP contribution in [0.2, 0.25) is 0 Å². The van der Waals surface area contributed by atoms with Crippen LogP contribution < -0.4 is 17.6 Å². The molecule has 0 bridgehead atoms. The molecule has 4 heteroatoms. The summed E-state index contributed by atoms with van der Waals surface area (Å²) in [6, 6.07) is 89.5. The first kappa shape index (κ1) is 37.1. The van der Waals surface area contributed by atoms with Gasteiger partial charge in [0.25, 0.3) is 0 Å². The zero-order valence-corrected chi connectivity index (χ0v) is 36.6. The molecular weight excluding hydrogens is 823 g/mol. The summed E-state index contributed by atoms with van der Waals surface area (Å²) in [6.07, 6.45) is 1.90.